The van der Waals surface area contributed by atoms with Crippen molar-refractivity contribution in [3.63, 3.8) is 0 Å². The van der Waals surface area contributed by atoms with Gasteiger partial charge in [0.25, 0.3) is 0 Å². The summed E-state index contributed by atoms with van der Waals surface area (Å²) < 4.78 is 10.9. The second kappa shape index (κ2) is 7.58. The lowest BCUT2D eigenvalue weighted by atomic mass is 9.93. The fourth-order valence-corrected chi connectivity index (χ4v) is 2.61. The van der Waals surface area contributed by atoms with Crippen molar-refractivity contribution in [1.82, 2.24) is 15.3 Å². The molecule has 0 unspecified atom stereocenters. The molecule has 1 fully saturated rings. The van der Waals surface area contributed by atoms with Crippen molar-refractivity contribution in [3.05, 3.63) is 48.7 Å². The van der Waals surface area contributed by atoms with E-state index in [9.17, 15) is 4.79 Å². The second-order valence-corrected chi connectivity index (χ2v) is 5.48. The van der Waals surface area contributed by atoms with E-state index in [-0.39, 0.29) is 18.1 Å². The Morgan fingerprint density at radius 1 is 1.22 bits per heavy atom. The molecule has 1 amide bonds. The summed E-state index contributed by atoms with van der Waals surface area (Å²) in [4.78, 5) is 20.0. The lowest BCUT2D eigenvalue weighted by molar-refractivity contribution is -0.117. The number of hydrogen-bond donors (Lipinski definition) is 1. The third-order valence-corrected chi connectivity index (χ3v) is 3.78. The van der Waals surface area contributed by atoms with E-state index in [0.29, 0.717) is 11.8 Å². The van der Waals surface area contributed by atoms with Crippen LogP contribution >= 0.6 is 0 Å². The van der Waals surface area contributed by atoms with E-state index >= 15 is 0 Å². The number of furan rings is 1. The number of aromatic nitrogens is 2. The minimum absolute atomic E-state index is 0.0999. The first-order valence-electron chi connectivity index (χ1n) is 7.75. The number of nitrogens with one attached hydrogen (secondary N) is 1. The van der Waals surface area contributed by atoms with Crippen LogP contribution in [0.5, 0.6) is 6.01 Å². The average Bonchev–Trinajstić information content (AvgIpc) is 3.09. The standard InChI is InChI=1S/C17H19N3O3/c21-16(9-8-14-3-1-12-22-14)20-13-4-6-15(7-5-13)23-17-18-10-2-11-19-17/h1-3,8-13,15H,4-7H2,(H,20,21)/b9-8+. The van der Waals surface area contributed by atoms with Gasteiger partial charge < -0.3 is 14.5 Å². The molecule has 2 aromatic rings. The molecule has 0 aromatic carbocycles. The van der Waals surface area contributed by atoms with E-state index in [1.165, 1.54) is 6.08 Å². The number of nitrogens with zero attached hydrogens (tertiary/aromatic N) is 2. The number of amides is 1. The summed E-state index contributed by atoms with van der Waals surface area (Å²) in [5.41, 5.74) is 0. The fraction of sp³-hybridized carbons (Fsp3) is 0.353. The SMILES string of the molecule is O=C(/C=C/c1ccco1)NC1CCC(Oc2ncccn2)CC1. The molecule has 6 heteroatoms. The van der Waals surface area contributed by atoms with Crippen LogP contribution in [0.2, 0.25) is 0 Å². The molecule has 1 N–H and O–H groups in total. The Balaban J connectivity index is 1.41. The monoisotopic (exact) mass is 313 g/mol. The number of rotatable bonds is 5. The molecule has 2 aromatic heterocycles. The van der Waals surface area contributed by atoms with E-state index in [4.69, 9.17) is 9.15 Å². The molecule has 1 aliphatic rings. The van der Waals surface area contributed by atoms with Crippen molar-refractivity contribution in [2.24, 2.45) is 0 Å². The fourth-order valence-electron chi connectivity index (χ4n) is 2.61. The predicted octanol–water partition coefficient (Wildman–Crippen LogP) is 2.59. The van der Waals surface area contributed by atoms with Crippen LogP contribution in [0.25, 0.3) is 6.08 Å². The van der Waals surface area contributed by atoms with Crippen LogP contribution in [0.1, 0.15) is 31.4 Å². The summed E-state index contributed by atoms with van der Waals surface area (Å²) in [6, 6.07) is 5.95. The normalized spacial score (nSPS) is 21.2. The molecule has 0 atom stereocenters. The van der Waals surface area contributed by atoms with Crippen LogP contribution in [0.4, 0.5) is 0 Å². The summed E-state index contributed by atoms with van der Waals surface area (Å²) in [6.45, 7) is 0. The van der Waals surface area contributed by atoms with Gasteiger partial charge in [0.15, 0.2) is 0 Å². The Kier molecular flexibility index (Phi) is 5.03. The van der Waals surface area contributed by atoms with Gasteiger partial charge in [-0.25, -0.2) is 9.97 Å². The van der Waals surface area contributed by atoms with Crippen molar-refractivity contribution < 1.29 is 13.9 Å². The Bertz CT molecular complexity index is 632. The highest BCUT2D eigenvalue weighted by Gasteiger charge is 2.23. The first kappa shape index (κ1) is 15.3. The van der Waals surface area contributed by atoms with Crippen LogP contribution < -0.4 is 10.1 Å². The van der Waals surface area contributed by atoms with Gasteiger partial charge in [-0.2, -0.15) is 0 Å². The average molecular weight is 313 g/mol. The van der Waals surface area contributed by atoms with Crippen LogP contribution in [-0.4, -0.2) is 28.0 Å². The van der Waals surface area contributed by atoms with Gasteiger partial charge in [-0.15, -0.1) is 0 Å². The molecule has 0 spiro atoms. The van der Waals surface area contributed by atoms with Gasteiger partial charge in [0.2, 0.25) is 5.91 Å². The Morgan fingerprint density at radius 2 is 2.00 bits per heavy atom. The zero-order chi connectivity index (χ0) is 15.9. The largest absolute Gasteiger partial charge is 0.465 e. The summed E-state index contributed by atoms with van der Waals surface area (Å²) >= 11 is 0. The van der Waals surface area contributed by atoms with Gasteiger partial charge in [-0.1, -0.05) is 0 Å². The molecule has 6 nitrogen and oxygen atoms in total. The Morgan fingerprint density at radius 3 is 2.70 bits per heavy atom. The van der Waals surface area contributed by atoms with Crippen molar-refractivity contribution in [2.75, 3.05) is 0 Å². The molecule has 0 aliphatic heterocycles. The van der Waals surface area contributed by atoms with Gasteiger partial charge in [-0.05, 0) is 50.0 Å². The van der Waals surface area contributed by atoms with E-state index in [1.54, 1.807) is 42.9 Å². The molecular formula is C17H19N3O3. The number of carbonyl (C=O) groups excluding carboxylic acids is 1. The highest BCUT2D eigenvalue weighted by Crippen LogP contribution is 2.22. The maximum Gasteiger partial charge on any atom is 0.316 e. The lowest BCUT2D eigenvalue weighted by Gasteiger charge is -2.28. The highest BCUT2D eigenvalue weighted by atomic mass is 16.5. The zero-order valence-corrected chi connectivity index (χ0v) is 12.7. The third-order valence-electron chi connectivity index (χ3n) is 3.78. The molecule has 1 saturated carbocycles. The maximum atomic E-state index is 11.9. The van der Waals surface area contributed by atoms with Crippen molar-refractivity contribution in [3.8, 4) is 6.01 Å². The Hall–Kier alpha value is -2.63. The van der Waals surface area contributed by atoms with Gasteiger partial charge in [0.05, 0.1) is 6.26 Å². The molecule has 1 aliphatic carbocycles. The van der Waals surface area contributed by atoms with Crippen molar-refractivity contribution in [1.29, 1.82) is 0 Å². The minimum Gasteiger partial charge on any atom is -0.465 e. The smallest absolute Gasteiger partial charge is 0.316 e. The topological polar surface area (TPSA) is 77.2 Å². The molecule has 0 radical (unpaired) electrons. The van der Waals surface area contributed by atoms with E-state index in [2.05, 4.69) is 15.3 Å². The second-order valence-electron chi connectivity index (χ2n) is 5.48. The summed E-state index contributed by atoms with van der Waals surface area (Å²) in [7, 11) is 0. The summed E-state index contributed by atoms with van der Waals surface area (Å²) in [5, 5.41) is 3.01. The predicted molar refractivity (Wildman–Crippen MR) is 84.6 cm³/mol. The molecular weight excluding hydrogens is 294 g/mol. The zero-order valence-electron chi connectivity index (χ0n) is 12.7. The van der Waals surface area contributed by atoms with Crippen LogP contribution in [0.3, 0.4) is 0 Å². The quantitative estimate of drug-likeness (QED) is 0.859. The van der Waals surface area contributed by atoms with Gasteiger partial charge in [0, 0.05) is 24.5 Å². The summed E-state index contributed by atoms with van der Waals surface area (Å²) in [5.74, 6) is 0.567. The highest BCUT2D eigenvalue weighted by molar-refractivity contribution is 5.91. The van der Waals surface area contributed by atoms with Gasteiger partial charge in [-0.3, -0.25) is 4.79 Å². The van der Waals surface area contributed by atoms with Gasteiger partial charge >= 0.3 is 6.01 Å². The third kappa shape index (κ3) is 4.67. The number of carbonyl (C=O) groups is 1. The number of hydrogen-bond acceptors (Lipinski definition) is 5. The van der Waals surface area contributed by atoms with E-state index < -0.39 is 0 Å². The molecule has 0 saturated heterocycles. The number of ether oxygens (including phenoxy) is 1. The lowest BCUT2D eigenvalue weighted by Crippen LogP contribution is -2.39. The Labute approximate surface area is 134 Å². The molecule has 120 valence electrons. The summed E-state index contributed by atoms with van der Waals surface area (Å²) in [6.07, 6.45) is 11.7. The molecule has 2 heterocycles. The van der Waals surface area contributed by atoms with E-state index in [1.807, 2.05) is 0 Å². The first-order chi connectivity index (χ1) is 11.3. The molecule has 23 heavy (non-hydrogen) atoms. The van der Waals surface area contributed by atoms with E-state index in [0.717, 1.165) is 25.7 Å². The minimum atomic E-state index is -0.0999. The van der Waals surface area contributed by atoms with Crippen LogP contribution in [0.15, 0.2) is 47.3 Å². The molecule has 3 rings (SSSR count). The van der Waals surface area contributed by atoms with Crippen LogP contribution in [0, 0.1) is 0 Å². The van der Waals surface area contributed by atoms with Crippen molar-refractivity contribution >= 4 is 12.0 Å². The van der Waals surface area contributed by atoms with Gasteiger partial charge in [0.1, 0.15) is 11.9 Å². The van der Waals surface area contributed by atoms with Crippen LogP contribution in [-0.2, 0) is 4.79 Å². The first-order valence-corrected chi connectivity index (χ1v) is 7.75. The maximum absolute atomic E-state index is 11.9. The van der Waals surface area contributed by atoms with Crippen molar-refractivity contribution in [2.45, 2.75) is 37.8 Å². The molecule has 0 bridgehead atoms.